The summed E-state index contributed by atoms with van der Waals surface area (Å²) in [5, 5.41) is 8.78. The zero-order valence-corrected chi connectivity index (χ0v) is 12.9. The first kappa shape index (κ1) is 15.9. The minimum Gasteiger partial charge on any atom is -0.481 e. The third kappa shape index (κ3) is 3.39. The van der Waals surface area contributed by atoms with Crippen molar-refractivity contribution in [1.29, 1.82) is 0 Å². The number of hydrogen-bond acceptors (Lipinski definition) is 4. The molecule has 0 aliphatic carbocycles. The summed E-state index contributed by atoms with van der Waals surface area (Å²) in [6, 6.07) is 5.79. The quantitative estimate of drug-likeness (QED) is 0.676. The van der Waals surface area contributed by atoms with Gasteiger partial charge >= 0.3 is 5.97 Å². The molecule has 6 heteroatoms. The average Bonchev–Trinajstić information content (AvgIpc) is 2.64. The number of allylic oxidation sites excluding steroid dienone is 1. The maximum atomic E-state index is 12.9. The summed E-state index contributed by atoms with van der Waals surface area (Å²) in [6.45, 7) is 1.68. The van der Waals surface area contributed by atoms with Crippen molar-refractivity contribution in [2.24, 2.45) is 5.41 Å². The first-order valence-electron chi connectivity index (χ1n) is 6.29. The predicted octanol–water partition coefficient (Wildman–Crippen LogP) is 3.68. The lowest BCUT2D eigenvalue weighted by molar-refractivity contribution is -0.137. The van der Waals surface area contributed by atoms with Crippen LogP contribution in [0.1, 0.15) is 25.3 Å². The van der Waals surface area contributed by atoms with Crippen LogP contribution in [0.4, 0.5) is 4.39 Å². The highest BCUT2D eigenvalue weighted by Gasteiger charge is 2.46. The molecule has 1 atom stereocenters. The molecule has 0 aromatic heterocycles. The van der Waals surface area contributed by atoms with Crippen LogP contribution in [-0.2, 0) is 9.59 Å². The van der Waals surface area contributed by atoms with E-state index in [-0.39, 0.29) is 24.4 Å². The average molecular weight is 324 g/mol. The van der Waals surface area contributed by atoms with Crippen LogP contribution in [-0.4, -0.2) is 21.1 Å². The van der Waals surface area contributed by atoms with Crippen molar-refractivity contribution in [3.8, 4) is 0 Å². The molecule has 0 unspecified atom stereocenters. The predicted molar refractivity (Wildman–Crippen MR) is 84.5 cm³/mol. The number of carboxylic acid groups (broad SMARTS) is 1. The van der Waals surface area contributed by atoms with E-state index in [1.54, 1.807) is 25.1 Å². The van der Waals surface area contributed by atoms with Crippen LogP contribution in [0.3, 0.4) is 0 Å². The molecule has 2 rings (SSSR count). The molecule has 1 aromatic carbocycles. The molecule has 0 amide bonds. The number of carboxylic acids is 1. The summed E-state index contributed by atoms with van der Waals surface area (Å²) in [6.07, 6.45) is 1.74. The second-order valence-corrected chi connectivity index (χ2v) is 6.72. The Kier molecular flexibility index (Phi) is 4.58. The normalized spacial score (nSPS) is 23.8. The second-order valence-electron chi connectivity index (χ2n) is 5.00. The van der Waals surface area contributed by atoms with Crippen LogP contribution in [0.15, 0.2) is 29.2 Å². The Morgan fingerprint density at radius 2 is 2.05 bits per heavy atom. The molecule has 1 aliphatic rings. The van der Waals surface area contributed by atoms with Crippen LogP contribution >= 0.6 is 24.0 Å². The fraction of sp³-hybridized carbons (Fsp3) is 0.267. The summed E-state index contributed by atoms with van der Waals surface area (Å²) in [5.74, 6) is -1.46. The van der Waals surface area contributed by atoms with E-state index in [9.17, 15) is 14.0 Å². The monoisotopic (exact) mass is 324 g/mol. The van der Waals surface area contributed by atoms with Crippen LogP contribution in [0, 0.1) is 11.2 Å². The van der Waals surface area contributed by atoms with Crippen molar-refractivity contribution < 1.29 is 19.1 Å². The maximum Gasteiger partial charge on any atom is 0.303 e. The summed E-state index contributed by atoms with van der Waals surface area (Å²) < 4.78 is 13.4. The van der Waals surface area contributed by atoms with Crippen molar-refractivity contribution in [3.63, 3.8) is 0 Å². The Hall–Kier alpha value is -1.53. The fourth-order valence-electron chi connectivity index (χ4n) is 2.00. The van der Waals surface area contributed by atoms with Crippen molar-refractivity contribution in [2.75, 3.05) is 0 Å². The SMILES string of the molecule is C[C@]1(CCC(=O)O)C(=O)/C(=C\c2ccc(F)cc2)SC1=S. The molecule has 1 aromatic rings. The Morgan fingerprint density at radius 3 is 2.62 bits per heavy atom. The molecule has 1 N–H and O–H groups in total. The van der Waals surface area contributed by atoms with E-state index < -0.39 is 11.4 Å². The van der Waals surface area contributed by atoms with Crippen molar-refractivity contribution in [3.05, 3.63) is 40.6 Å². The highest BCUT2D eigenvalue weighted by atomic mass is 32.2. The molecule has 0 saturated carbocycles. The number of rotatable bonds is 4. The highest BCUT2D eigenvalue weighted by Crippen LogP contribution is 2.46. The molecule has 1 aliphatic heterocycles. The Labute approximate surface area is 131 Å². The zero-order chi connectivity index (χ0) is 15.6. The molecule has 0 spiro atoms. The van der Waals surface area contributed by atoms with Crippen LogP contribution in [0.5, 0.6) is 0 Å². The molecule has 1 heterocycles. The topological polar surface area (TPSA) is 54.4 Å². The Balaban J connectivity index is 2.24. The van der Waals surface area contributed by atoms with E-state index in [1.807, 2.05) is 0 Å². The van der Waals surface area contributed by atoms with Gasteiger partial charge < -0.3 is 5.11 Å². The van der Waals surface area contributed by atoms with Gasteiger partial charge in [-0.15, -0.1) is 0 Å². The number of Topliss-reactive ketones (excluding diaryl/α,β-unsaturated/α-hetero) is 1. The molecule has 3 nitrogen and oxygen atoms in total. The van der Waals surface area contributed by atoms with Crippen molar-refractivity contribution in [1.82, 2.24) is 0 Å². The number of carbonyl (C=O) groups is 2. The van der Waals surface area contributed by atoms with Crippen LogP contribution in [0.2, 0.25) is 0 Å². The maximum absolute atomic E-state index is 12.9. The van der Waals surface area contributed by atoms with Gasteiger partial charge in [-0.3, -0.25) is 9.59 Å². The van der Waals surface area contributed by atoms with E-state index in [0.717, 1.165) is 0 Å². The molecule has 0 bridgehead atoms. The van der Waals surface area contributed by atoms with Gasteiger partial charge in [0.1, 0.15) is 5.82 Å². The Bertz CT molecular complexity index is 637. The third-order valence-corrected chi connectivity index (χ3v) is 5.24. The number of thioether (sulfide) groups is 1. The number of carbonyl (C=O) groups excluding carboxylic acids is 1. The molecule has 21 heavy (non-hydrogen) atoms. The third-order valence-electron chi connectivity index (χ3n) is 3.38. The molecule has 1 saturated heterocycles. The first-order valence-corrected chi connectivity index (χ1v) is 7.51. The number of thiocarbonyl (C=S) groups is 1. The van der Waals surface area contributed by atoms with Crippen molar-refractivity contribution >= 4 is 46.0 Å². The van der Waals surface area contributed by atoms with Gasteiger partial charge in [0, 0.05) is 6.42 Å². The van der Waals surface area contributed by atoms with Gasteiger partial charge in [0.2, 0.25) is 0 Å². The lowest BCUT2D eigenvalue weighted by atomic mass is 9.83. The van der Waals surface area contributed by atoms with Gasteiger partial charge in [0.15, 0.2) is 5.78 Å². The van der Waals surface area contributed by atoms with Gasteiger partial charge in [-0.2, -0.15) is 0 Å². The number of benzene rings is 1. The highest BCUT2D eigenvalue weighted by molar-refractivity contribution is 8.27. The van der Waals surface area contributed by atoms with E-state index >= 15 is 0 Å². The second kappa shape index (κ2) is 6.07. The standard InChI is InChI=1S/C15H13FO3S2/c1-15(7-6-12(17)18)13(19)11(21-14(15)20)8-9-2-4-10(16)5-3-9/h2-5,8H,6-7H2,1H3,(H,17,18)/b11-8+/t15-/m0/s1. The number of ketones is 1. The fourth-order valence-corrected chi connectivity index (χ4v) is 3.60. The number of hydrogen-bond donors (Lipinski definition) is 1. The van der Waals surface area contributed by atoms with Crippen LogP contribution < -0.4 is 0 Å². The molecule has 110 valence electrons. The van der Waals surface area contributed by atoms with Gasteiger partial charge in [-0.1, -0.05) is 36.1 Å². The van der Waals surface area contributed by atoms with E-state index in [4.69, 9.17) is 17.3 Å². The van der Waals surface area contributed by atoms with Crippen LogP contribution in [0.25, 0.3) is 6.08 Å². The summed E-state index contributed by atoms with van der Waals surface area (Å²) in [4.78, 5) is 23.7. The van der Waals surface area contributed by atoms with Crippen molar-refractivity contribution in [2.45, 2.75) is 19.8 Å². The summed E-state index contributed by atoms with van der Waals surface area (Å²) in [7, 11) is 0. The minimum absolute atomic E-state index is 0.104. The lowest BCUT2D eigenvalue weighted by Crippen LogP contribution is -2.28. The first-order chi connectivity index (χ1) is 9.83. The molecule has 0 radical (unpaired) electrons. The largest absolute Gasteiger partial charge is 0.481 e. The van der Waals surface area contributed by atoms with E-state index in [0.29, 0.717) is 14.7 Å². The van der Waals surface area contributed by atoms with E-state index in [1.165, 1.54) is 23.9 Å². The molecular weight excluding hydrogens is 311 g/mol. The van der Waals surface area contributed by atoms with E-state index in [2.05, 4.69) is 0 Å². The number of halogens is 1. The van der Waals surface area contributed by atoms with Gasteiger partial charge in [0.05, 0.1) is 14.5 Å². The van der Waals surface area contributed by atoms with Gasteiger partial charge in [-0.05, 0) is 37.1 Å². The summed E-state index contributed by atoms with van der Waals surface area (Å²) >= 11 is 6.43. The Morgan fingerprint density at radius 1 is 1.43 bits per heavy atom. The van der Waals surface area contributed by atoms with Gasteiger partial charge in [0.25, 0.3) is 0 Å². The van der Waals surface area contributed by atoms with Gasteiger partial charge in [-0.25, -0.2) is 4.39 Å². The smallest absolute Gasteiger partial charge is 0.303 e. The lowest BCUT2D eigenvalue weighted by Gasteiger charge is -2.19. The zero-order valence-electron chi connectivity index (χ0n) is 11.3. The summed E-state index contributed by atoms with van der Waals surface area (Å²) in [5.41, 5.74) is -0.220. The molecule has 1 fully saturated rings. The number of aliphatic carboxylic acids is 1. The minimum atomic E-state index is -0.951. The molecular formula is C15H13FO3S2.